The molecule has 1 atom stereocenters. The topological polar surface area (TPSA) is 35.2 Å². The van der Waals surface area contributed by atoms with Gasteiger partial charge in [-0.3, -0.25) is 0 Å². The molecule has 1 aliphatic rings. The first kappa shape index (κ1) is 7.72. The summed E-state index contributed by atoms with van der Waals surface area (Å²) in [6.45, 7) is 5.82. The maximum absolute atomic E-state index is 11.0. The molecular weight excluding hydrogens is 128 g/mol. The van der Waals surface area contributed by atoms with E-state index in [1.54, 1.807) is 6.08 Å². The Morgan fingerprint density at radius 3 is 3.20 bits per heavy atom. The first-order valence-corrected chi connectivity index (χ1v) is 3.60. The Hall–Kier alpha value is -0.380. The normalized spacial score (nSPS) is 28.3. The smallest absolute Gasteiger partial charge is 0.0542 e. The van der Waals surface area contributed by atoms with Crippen LogP contribution in [-0.4, -0.2) is 30.7 Å². The summed E-state index contributed by atoms with van der Waals surface area (Å²) in [7, 11) is 0. The van der Waals surface area contributed by atoms with Crippen LogP contribution in [0.3, 0.4) is 0 Å². The van der Waals surface area contributed by atoms with E-state index in [1.165, 1.54) is 0 Å². The van der Waals surface area contributed by atoms with Crippen LogP contribution in [0.25, 0.3) is 0 Å². The molecule has 1 unspecified atom stereocenters. The number of hydrogen-bond donors (Lipinski definition) is 1. The van der Waals surface area contributed by atoms with Crippen LogP contribution < -0.4 is 5.32 Å². The molecule has 0 aliphatic carbocycles. The SMILES string of the molecule is C=CCC1CNCCN1[O]. The molecule has 57 valence electrons. The maximum Gasteiger partial charge on any atom is 0.0542 e. The van der Waals surface area contributed by atoms with Crippen molar-refractivity contribution < 1.29 is 5.21 Å². The zero-order chi connectivity index (χ0) is 7.40. The molecular formula is C7H13N2O. The monoisotopic (exact) mass is 141 g/mol. The van der Waals surface area contributed by atoms with Crippen LogP contribution in [0, 0.1) is 0 Å². The van der Waals surface area contributed by atoms with E-state index < -0.39 is 0 Å². The number of piperazine rings is 1. The number of hydrogen-bond acceptors (Lipinski definition) is 2. The van der Waals surface area contributed by atoms with Crippen molar-refractivity contribution in [3.05, 3.63) is 12.7 Å². The van der Waals surface area contributed by atoms with Crippen LogP contribution in [0.4, 0.5) is 0 Å². The second-order valence-electron chi connectivity index (χ2n) is 2.52. The first-order valence-electron chi connectivity index (χ1n) is 3.60. The highest BCUT2D eigenvalue weighted by Gasteiger charge is 2.19. The molecule has 0 amide bonds. The quantitative estimate of drug-likeness (QED) is 0.557. The van der Waals surface area contributed by atoms with Crippen molar-refractivity contribution in [2.24, 2.45) is 0 Å². The lowest BCUT2D eigenvalue weighted by atomic mass is 10.1. The summed E-state index contributed by atoms with van der Waals surface area (Å²) >= 11 is 0. The molecule has 1 fully saturated rings. The first-order chi connectivity index (χ1) is 4.84. The van der Waals surface area contributed by atoms with Crippen molar-refractivity contribution in [2.45, 2.75) is 12.5 Å². The van der Waals surface area contributed by atoms with Crippen molar-refractivity contribution in [3.63, 3.8) is 0 Å². The van der Waals surface area contributed by atoms with Gasteiger partial charge in [-0.2, -0.15) is 0 Å². The molecule has 0 aromatic carbocycles. The van der Waals surface area contributed by atoms with Crippen LogP contribution in [-0.2, 0) is 5.21 Å². The van der Waals surface area contributed by atoms with Crippen molar-refractivity contribution >= 4 is 0 Å². The lowest BCUT2D eigenvalue weighted by molar-refractivity contribution is -0.193. The van der Waals surface area contributed by atoms with Gasteiger partial charge >= 0.3 is 0 Å². The second kappa shape index (κ2) is 3.71. The van der Waals surface area contributed by atoms with Gasteiger partial charge in [0.15, 0.2) is 0 Å². The summed E-state index contributed by atoms with van der Waals surface area (Å²) < 4.78 is 0. The predicted octanol–water partition coefficient (Wildman–Crippen LogP) is 0.182. The van der Waals surface area contributed by atoms with Crippen molar-refractivity contribution in [2.75, 3.05) is 19.6 Å². The third-order valence-electron chi connectivity index (χ3n) is 1.73. The molecule has 10 heavy (non-hydrogen) atoms. The molecule has 1 rings (SSSR count). The van der Waals surface area contributed by atoms with Gasteiger partial charge in [0.25, 0.3) is 0 Å². The molecule has 0 saturated carbocycles. The summed E-state index contributed by atoms with van der Waals surface area (Å²) in [6.07, 6.45) is 2.58. The van der Waals surface area contributed by atoms with E-state index in [0.717, 1.165) is 24.6 Å². The summed E-state index contributed by atoms with van der Waals surface area (Å²) in [4.78, 5) is 0. The van der Waals surface area contributed by atoms with Crippen LogP contribution >= 0.6 is 0 Å². The highest BCUT2D eigenvalue weighted by molar-refractivity contribution is 4.81. The van der Waals surface area contributed by atoms with E-state index in [4.69, 9.17) is 0 Å². The fourth-order valence-electron chi connectivity index (χ4n) is 1.14. The van der Waals surface area contributed by atoms with Gasteiger partial charge in [0.2, 0.25) is 0 Å². The highest BCUT2D eigenvalue weighted by Crippen LogP contribution is 2.04. The van der Waals surface area contributed by atoms with Gasteiger partial charge in [0.05, 0.1) is 6.04 Å². The molecule has 3 nitrogen and oxygen atoms in total. The third kappa shape index (κ3) is 1.80. The Labute approximate surface area is 61.3 Å². The summed E-state index contributed by atoms with van der Waals surface area (Å²) in [5, 5.41) is 15.3. The number of rotatable bonds is 2. The fraction of sp³-hybridized carbons (Fsp3) is 0.714. The zero-order valence-electron chi connectivity index (χ0n) is 6.05. The predicted molar refractivity (Wildman–Crippen MR) is 38.9 cm³/mol. The molecule has 1 saturated heterocycles. The number of nitrogens with zero attached hydrogens (tertiary/aromatic N) is 1. The fourth-order valence-corrected chi connectivity index (χ4v) is 1.14. The molecule has 1 aliphatic heterocycles. The van der Waals surface area contributed by atoms with Crippen LogP contribution in [0.15, 0.2) is 12.7 Å². The minimum Gasteiger partial charge on any atom is -0.314 e. The minimum absolute atomic E-state index is 0.117. The lowest BCUT2D eigenvalue weighted by Gasteiger charge is -2.28. The van der Waals surface area contributed by atoms with E-state index >= 15 is 0 Å². The van der Waals surface area contributed by atoms with Gasteiger partial charge in [-0.05, 0) is 6.42 Å². The van der Waals surface area contributed by atoms with Crippen molar-refractivity contribution in [1.82, 2.24) is 10.4 Å². The molecule has 1 N–H and O–H groups in total. The Morgan fingerprint density at radius 1 is 1.80 bits per heavy atom. The zero-order valence-corrected chi connectivity index (χ0v) is 6.05. The summed E-state index contributed by atoms with van der Waals surface area (Å²) in [5.41, 5.74) is 0. The Kier molecular flexibility index (Phi) is 2.86. The van der Waals surface area contributed by atoms with Gasteiger partial charge in [-0.1, -0.05) is 6.08 Å². The summed E-state index contributed by atoms with van der Waals surface area (Å²) in [6, 6.07) is 0.117. The maximum atomic E-state index is 11.0. The molecule has 0 bridgehead atoms. The van der Waals surface area contributed by atoms with E-state index in [-0.39, 0.29) is 6.04 Å². The number of nitrogens with one attached hydrogen (secondary N) is 1. The standard InChI is InChI=1S/C7H13N2O/c1-2-3-7-6-8-4-5-9(7)10/h2,7-8H,1,3-6H2. The molecule has 0 aromatic heterocycles. The Bertz CT molecular complexity index is 116. The van der Waals surface area contributed by atoms with Gasteiger partial charge in [0, 0.05) is 19.6 Å². The molecule has 0 aromatic rings. The van der Waals surface area contributed by atoms with E-state index in [1.807, 2.05) is 0 Å². The van der Waals surface area contributed by atoms with Gasteiger partial charge in [-0.25, -0.2) is 0 Å². The largest absolute Gasteiger partial charge is 0.314 e. The van der Waals surface area contributed by atoms with E-state index in [2.05, 4.69) is 11.9 Å². The average molecular weight is 141 g/mol. The van der Waals surface area contributed by atoms with Gasteiger partial charge in [-0.15, -0.1) is 16.8 Å². The van der Waals surface area contributed by atoms with Crippen LogP contribution in [0.1, 0.15) is 6.42 Å². The minimum atomic E-state index is 0.117. The molecule has 1 heterocycles. The van der Waals surface area contributed by atoms with Crippen LogP contribution in [0.2, 0.25) is 0 Å². The van der Waals surface area contributed by atoms with Crippen LogP contribution in [0.5, 0.6) is 0 Å². The average Bonchev–Trinajstić information content (AvgIpc) is 1.94. The van der Waals surface area contributed by atoms with E-state index in [9.17, 15) is 5.21 Å². The second-order valence-corrected chi connectivity index (χ2v) is 2.52. The molecule has 0 spiro atoms. The lowest BCUT2D eigenvalue weighted by Crippen LogP contribution is -2.48. The van der Waals surface area contributed by atoms with Gasteiger partial charge in [0.1, 0.15) is 0 Å². The van der Waals surface area contributed by atoms with Gasteiger partial charge < -0.3 is 5.32 Å². The van der Waals surface area contributed by atoms with Crippen molar-refractivity contribution in [1.29, 1.82) is 0 Å². The molecule has 3 heteroatoms. The summed E-state index contributed by atoms with van der Waals surface area (Å²) in [5.74, 6) is 0. The Balaban J connectivity index is 2.32. The Morgan fingerprint density at radius 2 is 2.60 bits per heavy atom. The number of hydroxylamine groups is 2. The molecule has 1 radical (unpaired) electrons. The third-order valence-corrected chi connectivity index (χ3v) is 1.73. The van der Waals surface area contributed by atoms with Crippen molar-refractivity contribution in [3.8, 4) is 0 Å². The van der Waals surface area contributed by atoms with E-state index in [0.29, 0.717) is 6.54 Å². The highest BCUT2D eigenvalue weighted by atomic mass is 16.5.